The van der Waals surface area contributed by atoms with Crippen molar-refractivity contribution in [1.29, 1.82) is 0 Å². The highest BCUT2D eigenvalue weighted by molar-refractivity contribution is 5.75. The smallest absolute Gasteiger partial charge is 0.222 e. The molecule has 0 saturated heterocycles. The van der Waals surface area contributed by atoms with E-state index in [0.717, 1.165) is 32.4 Å². The Kier molecular flexibility index (Phi) is 8.38. The van der Waals surface area contributed by atoms with Gasteiger partial charge in [0, 0.05) is 26.6 Å². The molecule has 0 aliphatic rings. The van der Waals surface area contributed by atoms with Gasteiger partial charge in [0.25, 0.3) is 0 Å². The second-order valence-corrected chi connectivity index (χ2v) is 4.19. The molecular formula is C12H25NO2. The van der Waals surface area contributed by atoms with E-state index in [-0.39, 0.29) is 5.91 Å². The van der Waals surface area contributed by atoms with Gasteiger partial charge >= 0.3 is 0 Å². The van der Waals surface area contributed by atoms with Crippen LogP contribution in [0.2, 0.25) is 0 Å². The van der Waals surface area contributed by atoms with Crippen LogP contribution in [0.25, 0.3) is 0 Å². The topological polar surface area (TPSA) is 29.5 Å². The predicted molar refractivity (Wildman–Crippen MR) is 62.9 cm³/mol. The van der Waals surface area contributed by atoms with Crippen LogP contribution in [0.4, 0.5) is 0 Å². The lowest BCUT2D eigenvalue weighted by atomic mass is 10.2. The molecule has 0 spiro atoms. The highest BCUT2D eigenvalue weighted by Gasteiger charge is 2.06. The van der Waals surface area contributed by atoms with E-state index in [1.54, 1.807) is 0 Å². The van der Waals surface area contributed by atoms with Crippen LogP contribution in [-0.4, -0.2) is 37.1 Å². The van der Waals surface area contributed by atoms with E-state index in [4.69, 9.17) is 4.74 Å². The Morgan fingerprint density at radius 3 is 2.53 bits per heavy atom. The largest absolute Gasteiger partial charge is 0.379 e. The third-order valence-corrected chi connectivity index (χ3v) is 2.22. The summed E-state index contributed by atoms with van der Waals surface area (Å²) in [4.78, 5) is 13.3. The van der Waals surface area contributed by atoms with Crippen molar-refractivity contribution in [2.24, 2.45) is 0 Å². The first-order chi connectivity index (χ1) is 7.07. The lowest BCUT2D eigenvalue weighted by molar-refractivity contribution is -0.130. The Bertz CT molecular complexity index is 169. The van der Waals surface area contributed by atoms with Crippen LogP contribution in [0.1, 0.15) is 46.5 Å². The van der Waals surface area contributed by atoms with E-state index >= 15 is 0 Å². The highest BCUT2D eigenvalue weighted by atomic mass is 16.5. The fourth-order valence-electron chi connectivity index (χ4n) is 1.35. The summed E-state index contributed by atoms with van der Waals surface area (Å²) in [5.41, 5.74) is 0. The first kappa shape index (κ1) is 14.4. The van der Waals surface area contributed by atoms with Gasteiger partial charge in [0.15, 0.2) is 0 Å². The third-order valence-electron chi connectivity index (χ3n) is 2.22. The van der Waals surface area contributed by atoms with Crippen molar-refractivity contribution in [2.45, 2.75) is 52.6 Å². The number of amides is 1. The number of carbonyl (C=O) groups is 1. The summed E-state index contributed by atoms with van der Waals surface area (Å²) in [6.07, 6.45) is 3.88. The summed E-state index contributed by atoms with van der Waals surface area (Å²) >= 11 is 0. The fraction of sp³-hybridized carbons (Fsp3) is 0.917. The van der Waals surface area contributed by atoms with Gasteiger partial charge in [-0.1, -0.05) is 6.92 Å². The van der Waals surface area contributed by atoms with Crippen LogP contribution in [0.3, 0.4) is 0 Å². The molecule has 0 fully saturated rings. The number of unbranched alkanes of at least 4 members (excludes halogenated alkanes) is 1. The molecule has 0 N–H and O–H groups in total. The molecule has 0 radical (unpaired) electrons. The van der Waals surface area contributed by atoms with E-state index in [0.29, 0.717) is 12.5 Å². The first-order valence-electron chi connectivity index (χ1n) is 5.93. The summed E-state index contributed by atoms with van der Waals surface area (Å²) in [5.74, 6) is 0.251. The van der Waals surface area contributed by atoms with E-state index in [2.05, 4.69) is 6.92 Å². The van der Waals surface area contributed by atoms with E-state index < -0.39 is 0 Å². The normalized spacial score (nSPS) is 10.7. The summed E-state index contributed by atoms with van der Waals surface area (Å²) < 4.78 is 5.41. The number of carbonyl (C=O) groups excluding carboxylic acids is 1. The molecule has 0 unspecified atom stereocenters. The van der Waals surface area contributed by atoms with Gasteiger partial charge in [0.05, 0.1) is 6.10 Å². The van der Waals surface area contributed by atoms with Crippen molar-refractivity contribution in [2.75, 3.05) is 20.2 Å². The third kappa shape index (κ3) is 8.43. The van der Waals surface area contributed by atoms with Crippen LogP contribution in [0.5, 0.6) is 0 Å². The van der Waals surface area contributed by atoms with Gasteiger partial charge < -0.3 is 9.64 Å². The highest BCUT2D eigenvalue weighted by Crippen LogP contribution is 2.01. The van der Waals surface area contributed by atoms with Crippen LogP contribution in [-0.2, 0) is 9.53 Å². The Hall–Kier alpha value is -0.570. The minimum atomic E-state index is 0.251. The van der Waals surface area contributed by atoms with Crippen molar-refractivity contribution in [3.05, 3.63) is 0 Å². The maximum absolute atomic E-state index is 11.5. The summed E-state index contributed by atoms with van der Waals surface area (Å²) in [6, 6.07) is 0. The maximum atomic E-state index is 11.5. The minimum Gasteiger partial charge on any atom is -0.379 e. The molecule has 0 atom stereocenters. The predicted octanol–water partition coefficient (Wildman–Crippen LogP) is 2.45. The van der Waals surface area contributed by atoms with Crippen LogP contribution in [0, 0.1) is 0 Å². The molecule has 3 nitrogen and oxygen atoms in total. The van der Waals surface area contributed by atoms with Gasteiger partial charge in [-0.15, -0.1) is 0 Å². The number of hydrogen-bond acceptors (Lipinski definition) is 2. The van der Waals surface area contributed by atoms with Crippen LogP contribution >= 0.6 is 0 Å². The molecule has 1 amide bonds. The maximum Gasteiger partial charge on any atom is 0.222 e. The zero-order chi connectivity index (χ0) is 11.7. The van der Waals surface area contributed by atoms with Gasteiger partial charge in [-0.25, -0.2) is 0 Å². The summed E-state index contributed by atoms with van der Waals surface area (Å²) in [6.45, 7) is 7.77. The van der Waals surface area contributed by atoms with Crippen molar-refractivity contribution < 1.29 is 9.53 Å². The fourth-order valence-corrected chi connectivity index (χ4v) is 1.35. The van der Waals surface area contributed by atoms with Gasteiger partial charge in [-0.05, 0) is 33.1 Å². The van der Waals surface area contributed by atoms with Crippen molar-refractivity contribution in [3.8, 4) is 0 Å². The summed E-state index contributed by atoms with van der Waals surface area (Å²) in [7, 11) is 1.87. The Morgan fingerprint density at radius 1 is 1.33 bits per heavy atom. The molecule has 3 heteroatoms. The summed E-state index contributed by atoms with van der Waals surface area (Å²) in [5, 5.41) is 0. The minimum absolute atomic E-state index is 0.251. The molecule has 0 aliphatic carbocycles. The molecule has 15 heavy (non-hydrogen) atoms. The van der Waals surface area contributed by atoms with E-state index in [1.165, 1.54) is 0 Å². The number of hydrogen-bond donors (Lipinski definition) is 0. The Labute approximate surface area is 93.8 Å². The van der Waals surface area contributed by atoms with Gasteiger partial charge in [-0.3, -0.25) is 4.79 Å². The van der Waals surface area contributed by atoms with Crippen LogP contribution in [0.15, 0.2) is 0 Å². The average molecular weight is 215 g/mol. The lowest BCUT2D eigenvalue weighted by Gasteiger charge is -2.15. The van der Waals surface area contributed by atoms with Gasteiger partial charge in [0.1, 0.15) is 0 Å². The van der Waals surface area contributed by atoms with Gasteiger partial charge in [-0.2, -0.15) is 0 Å². The van der Waals surface area contributed by atoms with Crippen molar-refractivity contribution in [3.63, 3.8) is 0 Å². The molecule has 0 aliphatic heterocycles. The SMILES string of the molecule is CCCN(C)C(=O)CCCCOC(C)C. The van der Waals surface area contributed by atoms with Crippen molar-refractivity contribution >= 4 is 5.91 Å². The zero-order valence-corrected chi connectivity index (χ0v) is 10.6. The lowest BCUT2D eigenvalue weighted by Crippen LogP contribution is -2.27. The second kappa shape index (κ2) is 8.72. The second-order valence-electron chi connectivity index (χ2n) is 4.19. The molecule has 0 aromatic rings. The molecule has 0 heterocycles. The average Bonchev–Trinajstić information content (AvgIpc) is 2.16. The van der Waals surface area contributed by atoms with E-state index in [9.17, 15) is 4.79 Å². The molecular weight excluding hydrogens is 190 g/mol. The number of ether oxygens (including phenoxy) is 1. The van der Waals surface area contributed by atoms with E-state index in [1.807, 2.05) is 25.8 Å². The standard InChI is InChI=1S/C12H25NO2/c1-5-9-13(4)12(14)8-6-7-10-15-11(2)3/h11H,5-10H2,1-4H3. The van der Waals surface area contributed by atoms with Gasteiger partial charge in [0.2, 0.25) is 5.91 Å². The molecule has 0 bridgehead atoms. The number of rotatable bonds is 8. The molecule has 90 valence electrons. The monoisotopic (exact) mass is 215 g/mol. The van der Waals surface area contributed by atoms with Crippen LogP contribution < -0.4 is 0 Å². The molecule has 0 saturated carbocycles. The molecule has 0 rings (SSSR count). The molecule has 0 aromatic heterocycles. The van der Waals surface area contributed by atoms with Crippen molar-refractivity contribution in [1.82, 2.24) is 4.90 Å². The quantitative estimate of drug-likeness (QED) is 0.582. The first-order valence-corrected chi connectivity index (χ1v) is 5.93. The number of nitrogens with zero attached hydrogens (tertiary/aromatic N) is 1. The zero-order valence-electron chi connectivity index (χ0n) is 10.6. The molecule has 0 aromatic carbocycles. The Morgan fingerprint density at radius 2 is 2.00 bits per heavy atom. The Balaban J connectivity index is 3.38.